The number of halogens is 1. The molecule has 8 heteroatoms. The summed E-state index contributed by atoms with van der Waals surface area (Å²) >= 11 is 0. The fourth-order valence-electron chi connectivity index (χ4n) is 5.00. The maximum atomic E-state index is 14.1. The van der Waals surface area contributed by atoms with E-state index in [0.29, 0.717) is 17.5 Å². The number of nitrogens with zero attached hydrogens (tertiary/aromatic N) is 6. The van der Waals surface area contributed by atoms with Crippen LogP contribution >= 0.6 is 0 Å². The molecule has 1 saturated heterocycles. The minimum atomic E-state index is -0.145. The van der Waals surface area contributed by atoms with Crippen molar-refractivity contribution in [2.45, 2.75) is 13.3 Å². The Kier molecular flexibility index (Phi) is 6.40. The van der Waals surface area contributed by atoms with Gasteiger partial charge in [0.15, 0.2) is 11.5 Å². The molecule has 0 bridgehead atoms. The van der Waals surface area contributed by atoms with Gasteiger partial charge < -0.3 is 10.2 Å². The van der Waals surface area contributed by atoms with E-state index in [1.54, 1.807) is 6.07 Å². The fraction of sp³-hybridized carbons (Fsp3) is 0.276. The van der Waals surface area contributed by atoms with Crippen LogP contribution in [0, 0.1) is 12.7 Å². The number of para-hydroxylation sites is 2. The number of hydrogen-bond donors (Lipinski definition) is 1. The first-order valence-corrected chi connectivity index (χ1v) is 12.8. The third-order valence-electron chi connectivity index (χ3n) is 6.96. The molecule has 0 spiro atoms. The highest BCUT2D eigenvalue weighted by Crippen LogP contribution is 2.25. The summed E-state index contributed by atoms with van der Waals surface area (Å²) in [6.07, 6.45) is 0.967. The number of aryl methyl sites for hydroxylation is 1. The number of hydrogen-bond acceptors (Lipinski definition) is 6. The van der Waals surface area contributed by atoms with Gasteiger partial charge in [-0.3, -0.25) is 4.90 Å². The molecular formula is C29H30FN7. The zero-order chi connectivity index (χ0) is 25.2. The first-order chi connectivity index (χ1) is 18.2. The topological polar surface area (TPSA) is 61.6 Å². The Balaban J connectivity index is 1.13. The lowest BCUT2D eigenvalue weighted by Gasteiger charge is -2.36. The molecule has 0 aliphatic carbocycles. The molecule has 0 atom stereocenters. The summed E-state index contributed by atoms with van der Waals surface area (Å²) in [6, 6.07) is 23.3. The van der Waals surface area contributed by atoms with Crippen molar-refractivity contribution in [1.82, 2.24) is 24.5 Å². The van der Waals surface area contributed by atoms with Gasteiger partial charge in [0.05, 0.1) is 11.2 Å². The summed E-state index contributed by atoms with van der Waals surface area (Å²) in [4.78, 5) is 14.3. The Hall–Kier alpha value is -4.04. The number of fused-ring (bicyclic) bond motifs is 3. The van der Waals surface area contributed by atoms with Gasteiger partial charge in [0.1, 0.15) is 5.82 Å². The van der Waals surface area contributed by atoms with E-state index in [2.05, 4.69) is 34.2 Å². The van der Waals surface area contributed by atoms with Crippen LogP contribution in [0.25, 0.3) is 27.9 Å². The zero-order valence-electron chi connectivity index (χ0n) is 20.9. The molecule has 1 aliphatic heterocycles. The van der Waals surface area contributed by atoms with Gasteiger partial charge in [0.25, 0.3) is 0 Å². The van der Waals surface area contributed by atoms with Crippen LogP contribution in [-0.4, -0.2) is 63.8 Å². The van der Waals surface area contributed by atoms with Gasteiger partial charge in [0.2, 0.25) is 5.95 Å². The van der Waals surface area contributed by atoms with Crippen LogP contribution in [0.1, 0.15) is 12.0 Å². The Morgan fingerprint density at radius 3 is 2.54 bits per heavy atom. The van der Waals surface area contributed by atoms with Gasteiger partial charge >= 0.3 is 0 Å². The molecule has 188 valence electrons. The molecule has 3 aromatic carbocycles. The number of piperazine rings is 1. The van der Waals surface area contributed by atoms with Crippen LogP contribution in [-0.2, 0) is 0 Å². The second-order valence-electron chi connectivity index (χ2n) is 9.55. The lowest BCUT2D eigenvalue weighted by Crippen LogP contribution is -2.47. The third kappa shape index (κ3) is 4.84. The van der Waals surface area contributed by atoms with Gasteiger partial charge in [-0.05, 0) is 50.2 Å². The van der Waals surface area contributed by atoms with E-state index in [1.165, 1.54) is 11.6 Å². The Labute approximate surface area is 215 Å². The first kappa shape index (κ1) is 23.4. The molecule has 6 rings (SSSR count). The van der Waals surface area contributed by atoms with E-state index in [0.717, 1.165) is 67.8 Å². The molecule has 37 heavy (non-hydrogen) atoms. The van der Waals surface area contributed by atoms with E-state index in [9.17, 15) is 4.39 Å². The summed E-state index contributed by atoms with van der Waals surface area (Å²) in [5, 5.41) is 9.30. The van der Waals surface area contributed by atoms with E-state index >= 15 is 0 Å². The lowest BCUT2D eigenvalue weighted by atomic mass is 10.1. The van der Waals surface area contributed by atoms with Crippen LogP contribution in [0.5, 0.6) is 0 Å². The number of anilines is 2. The van der Waals surface area contributed by atoms with E-state index in [-0.39, 0.29) is 5.82 Å². The van der Waals surface area contributed by atoms with Crippen molar-refractivity contribution in [1.29, 1.82) is 0 Å². The normalized spacial score (nSPS) is 14.5. The summed E-state index contributed by atoms with van der Waals surface area (Å²) < 4.78 is 16.0. The molecule has 3 heterocycles. The highest BCUT2D eigenvalue weighted by Gasteiger charge is 2.19. The molecule has 0 amide bonds. The van der Waals surface area contributed by atoms with Crippen molar-refractivity contribution in [3.63, 3.8) is 0 Å². The van der Waals surface area contributed by atoms with Crippen molar-refractivity contribution in [2.24, 2.45) is 0 Å². The van der Waals surface area contributed by atoms with Crippen molar-refractivity contribution in [3.05, 3.63) is 84.2 Å². The Bertz CT molecular complexity index is 1540. The largest absolute Gasteiger partial charge is 0.367 e. The maximum absolute atomic E-state index is 14.1. The van der Waals surface area contributed by atoms with Crippen LogP contribution in [0.4, 0.5) is 16.0 Å². The SMILES string of the molecule is Cc1cccc(-c2nc3c4ccccc4nc(NCCCN4CCN(c5ccccc5F)CC4)n3n2)c1. The molecule has 1 aliphatic rings. The standard InChI is InChI=1S/C29H30FN7/c1-21-8-6-9-22(20-21)27-33-28-23-10-2-4-12-25(23)32-29(37(28)34-27)31-14-7-15-35-16-18-36(19-17-35)26-13-5-3-11-24(26)30/h2-6,8-13,20H,7,14-19H2,1H3,(H,31,32). The fourth-order valence-corrected chi connectivity index (χ4v) is 5.00. The predicted molar refractivity (Wildman–Crippen MR) is 147 cm³/mol. The molecule has 1 fully saturated rings. The maximum Gasteiger partial charge on any atom is 0.226 e. The van der Waals surface area contributed by atoms with E-state index in [4.69, 9.17) is 15.1 Å². The number of rotatable bonds is 7. The highest BCUT2D eigenvalue weighted by molar-refractivity contribution is 5.92. The van der Waals surface area contributed by atoms with Crippen molar-refractivity contribution < 1.29 is 4.39 Å². The summed E-state index contributed by atoms with van der Waals surface area (Å²) in [7, 11) is 0. The molecule has 0 radical (unpaired) electrons. The number of nitrogens with one attached hydrogen (secondary N) is 1. The Morgan fingerprint density at radius 1 is 0.892 bits per heavy atom. The highest BCUT2D eigenvalue weighted by atomic mass is 19.1. The van der Waals surface area contributed by atoms with Crippen LogP contribution in [0.15, 0.2) is 72.8 Å². The third-order valence-corrected chi connectivity index (χ3v) is 6.96. The van der Waals surface area contributed by atoms with E-state index in [1.807, 2.05) is 53.0 Å². The molecule has 7 nitrogen and oxygen atoms in total. The van der Waals surface area contributed by atoms with Crippen LogP contribution in [0.3, 0.4) is 0 Å². The van der Waals surface area contributed by atoms with Crippen molar-refractivity contribution >= 4 is 28.2 Å². The zero-order valence-corrected chi connectivity index (χ0v) is 20.9. The molecule has 0 unspecified atom stereocenters. The van der Waals surface area contributed by atoms with Gasteiger partial charge in [-0.1, -0.05) is 48.0 Å². The van der Waals surface area contributed by atoms with Crippen molar-refractivity contribution in [3.8, 4) is 11.4 Å². The number of benzene rings is 3. The van der Waals surface area contributed by atoms with Gasteiger partial charge in [-0.15, -0.1) is 5.10 Å². The summed E-state index contributed by atoms with van der Waals surface area (Å²) in [6.45, 7) is 7.34. The molecule has 2 aromatic heterocycles. The molecule has 5 aromatic rings. The van der Waals surface area contributed by atoms with Crippen molar-refractivity contribution in [2.75, 3.05) is 49.5 Å². The minimum absolute atomic E-state index is 0.145. The average Bonchev–Trinajstić information content (AvgIpc) is 3.38. The number of aromatic nitrogens is 4. The summed E-state index contributed by atoms with van der Waals surface area (Å²) in [5.74, 6) is 1.25. The van der Waals surface area contributed by atoms with E-state index < -0.39 is 0 Å². The molecule has 1 N–H and O–H groups in total. The minimum Gasteiger partial charge on any atom is -0.367 e. The lowest BCUT2D eigenvalue weighted by molar-refractivity contribution is 0.256. The average molecular weight is 496 g/mol. The quantitative estimate of drug-likeness (QED) is 0.320. The summed E-state index contributed by atoms with van der Waals surface area (Å²) in [5.41, 5.74) is 4.56. The second-order valence-corrected chi connectivity index (χ2v) is 9.55. The Morgan fingerprint density at radius 2 is 1.70 bits per heavy atom. The first-order valence-electron chi connectivity index (χ1n) is 12.8. The monoisotopic (exact) mass is 495 g/mol. The molecular weight excluding hydrogens is 465 g/mol. The van der Waals surface area contributed by atoms with Crippen LogP contribution in [0.2, 0.25) is 0 Å². The molecule has 0 saturated carbocycles. The second kappa shape index (κ2) is 10.1. The van der Waals surface area contributed by atoms with Crippen LogP contribution < -0.4 is 10.2 Å². The smallest absolute Gasteiger partial charge is 0.226 e. The van der Waals surface area contributed by atoms with Gasteiger partial charge in [-0.2, -0.15) is 4.52 Å². The van der Waals surface area contributed by atoms with Gasteiger partial charge in [-0.25, -0.2) is 14.4 Å². The van der Waals surface area contributed by atoms with Gasteiger partial charge in [0, 0.05) is 43.7 Å². The predicted octanol–water partition coefficient (Wildman–Crippen LogP) is 5.02.